The molecular formula is C15H22O3. The Balaban J connectivity index is 2.99. The van der Waals surface area contributed by atoms with Crippen molar-refractivity contribution in [1.29, 1.82) is 0 Å². The van der Waals surface area contributed by atoms with Crippen LogP contribution in [0, 0.1) is 12.8 Å². The molecule has 0 aromatic heterocycles. The molecule has 0 heterocycles. The van der Waals surface area contributed by atoms with Crippen LogP contribution in [0.25, 0.3) is 0 Å². The van der Waals surface area contributed by atoms with Gasteiger partial charge in [-0.2, -0.15) is 0 Å². The molecule has 0 aliphatic heterocycles. The third-order valence-corrected chi connectivity index (χ3v) is 3.13. The molecule has 0 bridgehead atoms. The molecule has 0 radical (unpaired) electrons. The van der Waals surface area contributed by atoms with E-state index in [0.29, 0.717) is 12.5 Å². The molecule has 3 nitrogen and oxygen atoms in total. The van der Waals surface area contributed by atoms with Gasteiger partial charge < -0.3 is 9.84 Å². The molecular weight excluding hydrogens is 228 g/mol. The topological polar surface area (TPSA) is 46.5 Å². The summed E-state index contributed by atoms with van der Waals surface area (Å²) in [4.78, 5) is 10.9. The van der Waals surface area contributed by atoms with Crippen molar-refractivity contribution in [3.63, 3.8) is 0 Å². The number of carboxylic acids is 1. The number of aryl methyl sites for hydroxylation is 1. The van der Waals surface area contributed by atoms with Gasteiger partial charge in [0.15, 0.2) is 0 Å². The van der Waals surface area contributed by atoms with Crippen LogP contribution in [-0.4, -0.2) is 17.7 Å². The lowest BCUT2D eigenvalue weighted by Crippen LogP contribution is -2.12. The first-order valence-corrected chi connectivity index (χ1v) is 6.40. The number of ether oxygens (including phenoxy) is 1. The van der Waals surface area contributed by atoms with Crippen molar-refractivity contribution in [1.82, 2.24) is 0 Å². The molecule has 1 unspecified atom stereocenters. The van der Waals surface area contributed by atoms with Crippen LogP contribution >= 0.6 is 0 Å². The van der Waals surface area contributed by atoms with Gasteiger partial charge >= 0.3 is 5.97 Å². The molecule has 1 aromatic rings. The summed E-state index contributed by atoms with van der Waals surface area (Å²) >= 11 is 0. The second-order valence-corrected chi connectivity index (χ2v) is 4.91. The number of rotatable bonds is 6. The highest BCUT2D eigenvalue weighted by Crippen LogP contribution is 2.31. The van der Waals surface area contributed by atoms with Crippen LogP contribution in [0.5, 0.6) is 5.75 Å². The quantitative estimate of drug-likeness (QED) is 0.839. The average molecular weight is 250 g/mol. The fourth-order valence-corrected chi connectivity index (χ4v) is 2.15. The van der Waals surface area contributed by atoms with Gasteiger partial charge in [-0.15, -0.1) is 0 Å². The summed E-state index contributed by atoms with van der Waals surface area (Å²) in [7, 11) is 0. The maximum absolute atomic E-state index is 10.9. The fraction of sp³-hybridized carbons (Fsp3) is 0.533. The van der Waals surface area contributed by atoms with Crippen LogP contribution in [0.15, 0.2) is 18.2 Å². The Kier molecular flexibility index (Phi) is 5.20. The van der Waals surface area contributed by atoms with Gasteiger partial charge in [0.25, 0.3) is 0 Å². The molecule has 18 heavy (non-hydrogen) atoms. The van der Waals surface area contributed by atoms with Gasteiger partial charge in [-0.1, -0.05) is 26.0 Å². The van der Waals surface area contributed by atoms with Crippen molar-refractivity contribution in [2.45, 2.75) is 40.0 Å². The molecule has 0 spiro atoms. The van der Waals surface area contributed by atoms with Crippen LogP contribution < -0.4 is 4.74 Å². The summed E-state index contributed by atoms with van der Waals surface area (Å²) < 4.78 is 5.50. The standard InChI is InChI=1S/C15H22O3/c1-5-18-14-7-6-12(8-11(14)4)13(10(2)3)9-15(16)17/h6-8,10,13H,5,9H2,1-4H3,(H,16,17). The average Bonchev–Trinajstić information content (AvgIpc) is 2.28. The minimum absolute atomic E-state index is 0.0527. The van der Waals surface area contributed by atoms with Gasteiger partial charge in [-0.05, 0) is 42.9 Å². The Morgan fingerprint density at radius 3 is 2.50 bits per heavy atom. The second-order valence-electron chi connectivity index (χ2n) is 4.91. The zero-order valence-electron chi connectivity index (χ0n) is 11.6. The molecule has 100 valence electrons. The van der Waals surface area contributed by atoms with Crippen LogP contribution in [0.1, 0.15) is 44.2 Å². The molecule has 1 aromatic carbocycles. The maximum atomic E-state index is 10.9. The third-order valence-electron chi connectivity index (χ3n) is 3.13. The molecule has 0 saturated carbocycles. The van der Waals surface area contributed by atoms with Crippen molar-refractivity contribution in [2.75, 3.05) is 6.61 Å². The normalized spacial score (nSPS) is 12.5. The van der Waals surface area contributed by atoms with E-state index in [1.54, 1.807) is 0 Å². The van der Waals surface area contributed by atoms with Crippen LogP contribution in [-0.2, 0) is 4.79 Å². The summed E-state index contributed by atoms with van der Waals surface area (Å²) in [6.07, 6.45) is 0.172. The molecule has 0 aliphatic rings. The predicted octanol–water partition coefficient (Wildman–Crippen LogP) is 3.61. The first kappa shape index (κ1) is 14.6. The summed E-state index contributed by atoms with van der Waals surface area (Å²) in [5.41, 5.74) is 2.14. The van der Waals surface area contributed by atoms with Crippen molar-refractivity contribution in [3.05, 3.63) is 29.3 Å². The van der Waals surface area contributed by atoms with Crippen molar-refractivity contribution >= 4 is 5.97 Å². The predicted molar refractivity (Wildman–Crippen MR) is 72.2 cm³/mol. The number of carboxylic acid groups (broad SMARTS) is 1. The molecule has 1 atom stereocenters. The van der Waals surface area contributed by atoms with E-state index in [2.05, 4.69) is 13.8 Å². The van der Waals surface area contributed by atoms with Crippen molar-refractivity contribution in [3.8, 4) is 5.75 Å². The lowest BCUT2D eigenvalue weighted by molar-refractivity contribution is -0.137. The Morgan fingerprint density at radius 1 is 1.39 bits per heavy atom. The SMILES string of the molecule is CCOc1ccc(C(CC(=O)O)C(C)C)cc1C. The van der Waals surface area contributed by atoms with E-state index in [-0.39, 0.29) is 12.3 Å². The van der Waals surface area contributed by atoms with E-state index in [9.17, 15) is 4.79 Å². The highest BCUT2D eigenvalue weighted by atomic mass is 16.5. The van der Waals surface area contributed by atoms with Crippen molar-refractivity contribution < 1.29 is 14.6 Å². The summed E-state index contributed by atoms with van der Waals surface area (Å²) in [6.45, 7) is 8.70. The van der Waals surface area contributed by atoms with E-state index in [4.69, 9.17) is 9.84 Å². The monoisotopic (exact) mass is 250 g/mol. The van der Waals surface area contributed by atoms with E-state index in [1.807, 2.05) is 32.0 Å². The summed E-state index contributed by atoms with van der Waals surface area (Å²) in [6, 6.07) is 5.95. The Morgan fingerprint density at radius 2 is 2.06 bits per heavy atom. The van der Waals surface area contributed by atoms with E-state index in [0.717, 1.165) is 16.9 Å². The number of hydrogen-bond donors (Lipinski definition) is 1. The lowest BCUT2D eigenvalue weighted by Gasteiger charge is -2.20. The lowest BCUT2D eigenvalue weighted by atomic mass is 9.85. The largest absolute Gasteiger partial charge is 0.494 e. The number of carbonyl (C=O) groups is 1. The number of hydrogen-bond acceptors (Lipinski definition) is 2. The molecule has 1 rings (SSSR count). The number of benzene rings is 1. The first-order chi connectivity index (χ1) is 8.45. The molecule has 0 fully saturated rings. The summed E-state index contributed by atoms with van der Waals surface area (Å²) in [5.74, 6) is 0.481. The molecule has 0 amide bonds. The van der Waals surface area contributed by atoms with Crippen LogP contribution in [0.2, 0.25) is 0 Å². The second kappa shape index (κ2) is 6.43. The highest BCUT2D eigenvalue weighted by molar-refractivity contribution is 5.68. The molecule has 0 aliphatic carbocycles. The third kappa shape index (κ3) is 3.76. The van der Waals surface area contributed by atoms with E-state index < -0.39 is 5.97 Å². The van der Waals surface area contributed by atoms with Gasteiger partial charge in [0.2, 0.25) is 0 Å². The van der Waals surface area contributed by atoms with Gasteiger partial charge in [0, 0.05) is 0 Å². The van der Waals surface area contributed by atoms with Crippen molar-refractivity contribution in [2.24, 2.45) is 5.92 Å². The fourth-order valence-electron chi connectivity index (χ4n) is 2.15. The molecule has 1 N–H and O–H groups in total. The zero-order chi connectivity index (χ0) is 13.7. The molecule has 0 saturated heterocycles. The van der Waals surface area contributed by atoms with Gasteiger partial charge in [0.05, 0.1) is 13.0 Å². The zero-order valence-corrected chi connectivity index (χ0v) is 11.6. The van der Waals surface area contributed by atoms with Crippen LogP contribution in [0.3, 0.4) is 0 Å². The van der Waals surface area contributed by atoms with Gasteiger partial charge in [-0.25, -0.2) is 0 Å². The highest BCUT2D eigenvalue weighted by Gasteiger charge is 2.19. The minimum atomic E-state index is -0.750. The smallest absolute Gasteiger partial charge is 0.303 e. The van der Waals surface area contributed by atoms with E-state index in [1.165, 1.54) is 0 Å². The molecule has 3 heteroatoms. The number of aliphatic carboxylic acids is 1. The Bertz CT molecular complexity index is 410. The summed E-state index contributed by atoms with van der Waals surface area (Å²) in [5, 5.41) is 8.98. The first-order valence-electron chi connectivity index (χ1n) is 6.40. The maximum Gasteiger partial charge on any atom is 0.303 e. The van der Waals surface area contributed by atoms with Gasteiger partial charge in [0.1, 0.15) is 5.75 Å². The Hall–Kier alpha value is -1.51. The van der Waals surface area contributed by atoms with Gasteiger partial charge in [-0.3, -0.25) is 4.79 Å². The Labute approximate surface area is 109 Å². The minimum Gasteiger partial charge on any atom is -0.494 e. The van der Waals surface area contributed by atoms with Crippen LogP contribution in [0.4, 0.5) is 0 Å². The van der Waals surface area contributed by atoms with E-state index >= 15 is 0 Å².